The number of rotatable bonds is 11. The van der Waals surface area contributed by atoms with Crippen molar-refractivity contribution in [3.8, 4) is 0 Å². The number of nitrogens with zero attached hydrogens (tertiary/aromatic N) is 1. The van der Waals surface area contributed by atoms with E-state index in [2.05, 4.69) is 27.8 Å². The van der Waals surface area contributed by atoms with Crippen molar-refractivity contribution in [2.45, 2.75) is 70.0 Å². The second-order valence-corrected chi connectivity index (χ2v) is 9.88. The van der Waals surface area contributed by atoms with Crippen molar-refractivity contribution >= 4 is 34.6 Å². The van der Waals surface area contributed by atoms with Gasteiger partial charge in [-0.3, -0.25) is 14.9 Å². The number of hydrogen-bond donors (Lipinski definition) is 3. The maximum Gasteiger partial charge on any atom is 0.430 e. The molecule has 1 aromatic carbocycles. The van der Waals surface area contributed by atoms with Crippen LogP contribution in [0.4, 0.5) is 19.0 Å². The van der Waals surface area contributed by atoms with Gasteiger partial charge in [0, 0.05) is 41.1 Å². The fraction of sp³-hybridized carbons (Fsp3) is 0.414. The molecule has 12 heteroatoms. The molecule has 1 atom stereocenters. The quantitative estimate of drug-likeness (QED) is 0.299. The van der Waals surface area contributed by atoms with Crippen LogP contribution < -0.4 is 20.7 Å². The molecule has 0 saturated heterocycles. The van der Waals surface area contributed by atoms with Crippen LogP contribution in [0.5, 0.6) is 0 Å². The van der Waals surface area contributed by atoms with E-state index in [0.29, 0.717) is 6.42 Å². The molecule has 41 heavy (non-hydrogen) atoms. The number of para-hydroxylation sites is 1. The third kappa shape index (κ3) is 10.5. The first-order valence-electron chi connectivity index (χ1n) is 13.5. The van der Waals surface area contributed by atoms with E-state index in [4.69, 9.17) is 14.9 Å². The summed E-state index contributed by atoms with van der Waals surface area (Å²) in [5.74, 6) is -2.88. The maximum absolute atomic E-state index is 12.5. The largest absolute Gasteiger partial charge is 0.542 e. The van der Waals surface area contributed by atoms with Gasteiger partial charge in [0.05, 0.1) is 19.0 Å². The Bertz CT molecular complexity index is 1350. The van der Waals surface area contributed by atoms with Gasteiger partial charge in [-0.05, 0) is 49.9 Å². The highest BCUT2D eigenvalue weighted by Crippen LogP contribution is 2.20. The van der Waals surface area contributed by atoms with Gasteiger partial charge in [-0.25, -0.2) is 9.97 Å². The van der Waals surface area contributed by atoms with Crippen LogP contribution in [0.25, 0.3) is 10.9 Å². The summed E-state index contributed by atoms with van der Waals surface area (Å²) in [5.41, 5.74) is 4.25. The third-order valence-electron chi connectivity index (χ3n) is 6.67. The molecule has 0 saturated carbocycles. The molecule has 5 N–H and O–H groups in total. The Morgan fingerprint density at radius 3 is 2.56 bits per heavy atom. The van der Waals surface area contributed by atoms with Crippen molar-refractivity contribution in [3.63, 3.8) is 0 Å². The molecule has 0 fully saturated rings. The average molecular weight is 576 g/mol. The number of carbonyl (C=O) groups excluding carboxylic acids is 2. The standard InChI is InChI=1S/C27H32N4O3.C2HF3O2/c32-25(12-4-2-1-3-10-22-14-13-19-9-7-15-28-27(19)30-22)31-24(17-26(33)34)21-16-20-8-5-6-11-23(20)29-18-21;3-2(4,5)1(6)7/h5-6,8,11,13-14,16,18,24H,1-4,7,9-10,12,15,17H2,(H,28,30)(H,31,32)(H,33,34);(H,6,7)/p+1. The van der Waals surface area contributed by atoms with Crippen molar-refractivity contribution in [2.24, 2.45) is 0 Å². The summed E-state index contributed by atoms with van der Waals surface area (Å²) >= 11 is 0. The van der Waals surface area contributed by atoms with Crippen LogP contribution in [-0.4, -0.2) is 40.7 Å². The molecular formula is C29H34F3N4O5+. The number of aromatic nitrogens is 2. The number of aromatic amines is 1. The van der Waals surface area contributed by atoms with Crippen LogP contribution >= 0.6 is 0 Å². The van der Waals surface area contributed by atoms with Crippen molar-refractivity contribution in [1.29, 1.82) is 0 Å². The number of alkyl halides is 3. The first kappa shape index (κ1) is 31.5. The van der Waals surface area contributed by atoms with Gasteiger partial charge in [0.2, 0.25) is 17.2 Å². The normalized spacial score (nSPS) is 13.4. The molecule has 3 heterocycles. The van der Waals surface area contributed by atoms with Crippen LogP contribution in [0.2, 0.25) is 0 Å². The number of unbranched alkanes of at least 4 members (excludes halogenated alkanes) is 3. The topological polar surface area (TPSA) is 150 Å². The van der Waals surface area contributed by atoms with Crippen molar-refractivity contribution in [1.82, 2.24) is 10.3 Å². The Morgan fingerprint density at radius 2 is 1.83 bits per heavy atom. The van der Waals surface area contributed by atoms with Gasteiger partial charge in [-0.2, -0.15) is 13.2 Å². The fourth-order valence-electron chi connectivity index (χ4n) is 4.58. The lowest BCUT2D eigenvalue weighted by Crippen LogP contribution is -2.80. The summed E-state index contributed by atoms with van der Waals surface area (Å²) < 4.78 is 31.5. The van der Waals surface area contributed by atoms with E-state index in [1.54, 1.807) is 6.20 Å². The van der Waals surface area contributed by atoms with Gasteiger partial charge in [-0.15, -0.1) is 0 Å². The SMILES string of the molecule is O=C(O)CC(NC(=O)CCCCCCc1ccc2c(n1)[NH2+]CCC2)c1c[nH+]c2ccccc2c1.O=C([O-])C(F)(F)F. The first-order chi connectivity index (χ1) is 19.5. The van der Waals surface area contributed by atoms with Crippen LogP contribution in [0, 0.1) is 0 Å². The third-order valence-corrected chi connectivity index (χ3v) is 6.67. The molecule has 2 aromatic heterocycles. The van der Waals surface area contributed by atoms with Gasteiger partial charge >= 0.3 is 12.1 Å². The number of aryl methyl sites for hydroxylation is 2. The number of nitrogens with two attached hydrogens (primary N) is 1. The minimum atomic E-state index is -5.19. The monoisotopic (exact) mass is 575 g/mol. The number of benzene rings is 1. The number of halogens is 3. The highest BCUT2D eigenvalue weighted by Gasteiger charge is 2.28. The summed E-state index contributed by atoms with van der Waals surface area (Å²) in [5, 5.41) is 24.3. The zero-order valence-corrected chi connectivity index (χ0v) is 22.5. The van der Waals surface area contributed by atoms with Crippen LogP contribution in [0.1, 0.15) is 67.8 Å². The number of quaternary nitrogens is 1. The molecular weight excluding hydrogens is 541 g/mol. The van der Waals surface area contributed by atoms with Gasteiger partial charge in [-0.1, -0.05) is 25.0 Å². The molecule has 1 unspecified atom stereocenters. The average Bonchev–Trinajstić information content (AvgIpc) is 2.93. The van der Waals surface area contributed by atoms with E-state index < -0.39 is 24.2 Å². The Hall–Kier alpha value is -4.06. The lowest BCUT2D eigenvalue weighted by atomic mass is 10.0. The molecule has 1 aliphatic rings. The summed E-state index contributed by atoms with van der Waals surface area (Å²) in [6.07, 6.45) is 4.03. The number of carboxylic acid groups (broad SMARTS) is 2. The molecule has 4 rings (SSSR count). The molecule has 3 aromatic rings. The van der Waals surface area contributed by atoms with Crippen LogP contribution in [0.15, 0.2) is 48.7 Å². The molecule has 0 spiro atoms. The predicted molar refractivity (Wildman–Crippen MR) is 141 cm³/mol. The zero-order valence-electron chi connectivity index (χ0n) is 22.5. The second-order valence-electron chi connectivity index (χ2n) is 9.88. The van der Waals surface area contributed by atoms with E-state index >= 15 is 0 Å². The minimum Gasteiger partial charge on any atom is -0.542 e. The second kappa shape index (κ2) is 15.1. The zero-order chi connectivity index (χ0) is 29.8. The number of amides is 1. The summed E-state index contributed by atoms with van der Waals surface area (Å²) in [7, 11) is 0. The first-order valence-corrected chi connectivity index (χ1v) is 13.5. The van der Waals surface area contributed by atoms with Gasteiger partial charge in [0.1, 0.15) is 5.97 Å². The molecule has 1 amide bonds. The highest BCUT2D eigenvalue weighted by molar-refractivity contribution is 5.79. The molecule has 0 radical (unpaired) electrons. The number of carbonyl (C=O) groups is 3. The van der Waals surface area contributed by atoms with Crippen LogP contribution in [0.3, 0.4) is 0 Å². The van der Waals surface area contributed by atoms with Gasteiger partial charge < -0.3 is 20.3 Å². The molecule has 0 aliphatic carbocycles. The smallest absolute Gasteiger partial charge is 0.430 e. The van der Waals surface area contributed by atoms with Crippen LogP contribution in [-0.2, 0) is 27.2 Å². The Balaban J connectivity index is 0.000000587. The maximum atomic E-state index is 12.5. The summed E-state index contributed by atoms with van der Waals surface area (Å²) in [6, 6.07) is 13.6. The number of pyridine rings is 2. The predicted octanol–water partition coefficient (Wildman–Crippen LogP) is 2.31. The van der Waals surface area contributed by atoms with E-state index in [0.717, 1.165) is 67.2 Å². The van der Waals surface area contributed by atoms with Gasteiger partial charge in [0.15, 0.2) is 6.20 Å². The molecule has 0 bridgehead atoms. The lowest BCUT2D eigenvalue weighted by Gasteiger charge is -2.16. The van der Waals surface area contributed by atoms with E-state index in [9.17, 15) is 27.9 Å². The van der Waals surface area contributed by atoms with Crippen molar-refractivity contribution < 1.29 is 48.1 Å². The van der Waals surface area contributed by atoms with Crippen molar-refractivity contribution in [3.05, 3.63) is 65.5 Å². The number of H-pyrrole nitrogens is 1. The highest BCUT2D eigenvalue weighted by atomic mass is 19.4. The Kier molecular flexibility index (Phi) is 11.6. The number of nitrogens with one attached hydrogen (secondary N) is 2. The number of carboxylic acids is 2. The molecule has 9 nitrogen and oxygen atoms in total. The van der Waals surface area contributed by atoms with E-state index in [1.807, 2.05) is 30.3 Å². The number of hydrogen-bond acceptors (Lipinski definition) is 5. The fourth-order valence-corrected chi connectivity index (χ4v) is 4.58. The van der Waals surface area contributed by atoms with E-state index in [1.165, 1.54) is 17.8 Å². The minimum absolute atomic E-state index is 0.105. The van der Waals surface area contributed by atoms with E-state index in [-0.39, 0.29) is 12.3 Å². The Morgan fingerprint density at radius 1 is 1.10 bits per heavy atom. The summed E-state index contributed by atoms with van der Waals surface area (Å²) in [6.45, 7) is 1.12. The lowest BCUT2D eigenvalue weighted by molar-refractivity contribution is -0.579. The van der Waals surface area contributed by atoms with Crippen molar-refractivity contribution in [2.75, 3.05) is 6.54 Å². The number of aliphatic carboxylic acids is 2. The summed E-state index contributed by atoms with van der Waals surface area (Å²) in [4.78, 5) is 40.7. The molecule has 1 aliphatic heterocycles. The number of fused-ring (bicyclic) bond motifs is 2. The Labute approximate surface area is 235 Å². The van der Waals surface area contributed by atoms with Gasteiger partial charge in [0.25, 0.3) is 0 Å². The molecule has 220 valence electrons.